The maximum absolute atomic E-state index is 12.7. The number of aryl methyl sites for hydroxylation is 1. The van der Waals surface area contributed by atoms with Gasteiger partial charge < -0.3 is 14.4 Å². The van der Waals surface area contributed by atoms with E-state index in [1.54, 1.807) is 0 Å². The summed E-state index contributed by atoms with van der Waals surface area (Å²) in [6.45, 7) is 4.20. The summed E-state index contributed by atoms with van der Waals surface area (Å²) < 4.78 is 11.1. The Morgan fingerprint density at radius 2 is 1.68 bits per heavy atom. The summed E-state index contributed by atoms with van der Waals surface area (Å²) in [5.74, 6) is 0.648. The highest BCUT2D eigenvalue weighted by Crippen LogP contribution is 2.52. The summed E-state index contributed by atoms with van der Waals surface area (Å²) in [7, 11) is 0. The van der Waals surface area contributed by atoms with E-state index in [0.29, 0.717) is 13.0 Å². The topological polar surface area (TPSA) is 72.6 Å². The predicted octanol–water partition coefficient (Wildman–Crippen LogP) is 6.97. The van der Waals surface area contributed by atoms with Gasteiger partial charge in [0.15, 0.2) is 5.76 Å². The van der Waals surface area contributed by atoms with Gasteiger partial charge in [-0.15, -0.1) is 0 Å². The van der Waals surface area contributed by atoms with E-state index in [2.05, 4.69) is 41.6 Å². The number of hydrogen-bond donors (Lipinski definition) is 1. The van der Waals surface area contributed by atoms with Crippen molar-refractivity contribution >= 4 is 5.97 Å². The lowest BCUT2D eigenvalue weighted by Gasteiger charge is -2.18. The molecule has 3 aromatic carbocycles. The van der Waals surface area contributed by atoms with Crippen LogP contribution < -0.4 is 0 Å². The number of aliphatic hydroxyl groups excluding tert-OH is 1. The van der Waals surface area contributed by atoms with E-state index in [9.17, 15) is 9.90 Å². The molecule has 0 radical (unpaired) electrons. The second kappa shape index (κ2) is 10.7. The minimum absolute atomic E-state index is 0.127. The average molecular weight is 496 g/mol. The Bertz CT molecular complexity index is 1350. The fourth-order valence-corrected chi connectivity index (χ4v) is 5.15. The van der Waals surface area contributed by atoms with Crippen LogP contribution in [0.25, 0.3) is 22.5 Å². The summed E-state index contributed by atoms with van der Waals surface area (Å²) in [6, 6.07) is 26.2. The summed E-state index contributed by atoms with van der Waals surface area (Å²) in [5.41, 5.74) is 6.49. The number of nitrogens with zero attached hydrogens (tertiary/aromatic N) is 1. The first-order chi connectivity index (χ1) is 18.0. The van der Waals surface area contributed by atoms with Crippen molar-refractivity contribution in [1.29, 1.82) is 0 Å². The Hall–Kier alpha value is -3.70. The Labute approximate surface area is 218 Å². The van der Waals surface area contributed by atoms with Gasteiger partial charge in [0, 0.05) is 11.1 Å². The molecule has 1 aromatic heterocycles. The van der Waals surface area contributed by atoms with E-state index < -0.39 is 11.5 Å². The van der Waals surface area contributed by atoms with Crippen LogP contribution in [-0.4, -0.2) is 22.8 Å². The Kier molecular flexibility index (Phi) is 7.24. The van der Waals surface area contributed by atoms with Crippen LogP contribution in [0.2, 0.25) is 0 Å². The van der Waals surface area contributed by atoms with Gasteiger partial charge in [0.05, 0.1) is 23.8 Å². The Morgan fingerprint density at radius 1 is 1.00 bits per heavy atom. The predicted molar refractivity (Wildman–Crippen MR) is 144 cm³/mol. The zero-order valence-electron chi connectivity index (χ0n) is 21.4. The van der Waals surface area contributed by atoms with Crippen molar-refractivity contribution in [3.63, 3.8) is 0 Å². The second-order valence-electron chi connectivity index (χ2n) is 9.82. The van der Waals surface area contributed by atoms with Gasteiger partial charge in [0.1, 0.15) is 0 Å². The normalized spacial score (nSPS) is 14.8. The number of benzene rings is 3. The molecule has 1 atom stereocenters. The number of aromatic nitrogens is 1. The molecule has 0 saturated heterocycles. The van der Waals surface area contributed by atoms with Gasteiger partial charge in [0.25, 0.3) is 0 Å². The number of hydrogen-bond acceptors (Lipinski definition) is 5. The van der Waals surface area contributed by atoms with Gasteiger partial charge in [0.2, 0.25) is 0 Å². The van der Waals surface area contributed by atoms with Gasteiger partial charge in [-0.1, -0.05) is 84.0 Å². The van der Waals surface area contributed by atoms with Crippen LogP contribution in [-0.2, 0) is 21.4 Å². The molecule has 37 heavy (non-hydrogen) atoms. The molecule has 1 unspecified atom stereocenters. The number of carbonyl (C=O) groups is 1. The number of esters is 1. The van der Waals surface area contributed by atoms with Crippen LogP contribution in [0.4, 0.5) is 0 Å². The van der Waals surface area contributed by atoms with E-state index in [0.717, 1.165) is 70.5 Å². The SMILES string of the molecule is CCOC(=O)C1(c2ccccc2-c2ccc(-c3onc(C)c3CCCC(O)c3ccccc3)cc2)CC1. The number of aliphatic hydroxyl groups is 1. The maximum Gasteiger partial charge on any atom is 0.316 e. The number of ether oxygens (including phenoxy) is 1. The summed E-state index contributed by atoms with van der Waals surface area (Å²) in [4.78, 5) is 12.7. The van der Waals surface area contributed by atoms with Gasteiger partial charge in [-0.25, -0.2) is 0 Å². The summed E-state index contributed by atoms with van der Waals surface area (Å²) in [6.07, 6.45) is 3.44. The molecule has 1 heterocycles. The van der Waals surface area contributed by atoms with Crippen molar-refractivity contribution in [2.75, 3.05) is 6.61 Å². The molecule has 5 rings (SSSR count). The van der Waals surface area contributed by atoms with Gasteiger partial charge in [-0.05, 0) is 68.2 Å². The molecular formula is C32H33NO4. The van der Waals surface area contributed by atoms with Crippen molar-refractivity contribution in [3.05, 3.63) is 101 Å². The highest BCUT2D eigenvalue weighted by molar-refractivity contribution is 5.90. The van der Waals surface area contributed by atoms with Crippen LogP contribution in [0.15, 0.2) is 83.4 Å². The lowest BCUT2D eigenvalue weighted by atomic mass is 9.87. The maximum atomic E-state index is 12.7. The molecule has 0 bridgehead atoms. The van der Waals surface area contributed by atoms with E-state index in [1.165, 1.54) is 0 Å². The van der Waals surface area contributed by atoms with E-state index in [4.69, 9.17) is 9.26 Å². The summed E-state index contributed by atoms with van der Waals surface area (Å²) in [5, 5.41) is 14.8. The van der Waals surface area contributed by atoms with Gasteiger partial charge in [-0.2, -0.15) is 0 Å². The van der Waals surface area contributed by atoms with Gasteiger partial charge in [-0.3, -0.25) is 4.79 Å². The molecule has 0 amide bonds. The standard InChI is InChI=1S/C32H33NO4/c1-3-36-31(35)32(20-21-32)28-14-8-7-12-27(28)23-16-18-25(19-17-23)30-26(22(2)33-37-30)13-9-15-29(34)24-10-5-4-6-11-24/h4-8,10-12,14,16-19,29,34H,3,9,13,15,20-21H2,1-2H3. The summed E-state index contributed by atoms with van der Waals surface area (Å²) >= 11 is 0. The van der Waals surface area contributed by atoms with Crippen molar-refractivity contribution in [1.82, 2.24) is 5.16 Å². The smallest absolute Gasteiger partial charge is 0.316 e. The molecule has 1 aliphatic carbocycles. The molecule has 5 heteroatoms. The second-order valence-corrected chi connectivity index (χ2v) is 9.82. The molecular weight excluding hydrogens is 462 g/mol. The number of carbonyl (C=O) groups excluding carboxylic acids is 1. The van der Waals surface area contributed by atoms with Crippen LogP contribution >= 0.6 is 0 Å². The van der Waals surface area contributed by atoms with Crippen molar-refractivity contribution in [2.24, 2.45) is 0 Å². The first-order valence-corrected chi connectivity index (χ1v) is 13.1. The van der Waals surface area contributed by atoms with Crippen molar-refractivity contribution in [2.45, 2.75) is 57.5 Å². The number of rotatable bonds is 10. The first-order valence-electron chi connectivity index (χ1n) is 13.1. The molecule has 190 valence electrons. The third kappa shape index (κ3) is 5.09. The third-order valence-corrected chi connectivity index (χ3v) is 7.39. The average Bonchev–Trinajstić information content (AvgIpc) is 3.67. The molecule has 1 saturated carbocycles. The zero-order valence-corrected chi connectivity index (χ0v) is 21.4. The zero-order chi connectivity index (χ0) is 25.8. The minimum Gasteiger partial charge on any atom is -0.465 e. The van der Waals surface area contributed by atoms with Gasteiger partial charge >= 0.3 is 5.97 Å². The highest BCUT2D eigenvalue weighted by Gasteiger charge is 2.53. The van der Waals surface area contributed by atoms with Crippen LogP contribution in [0.5, 0.6) is 0 Å². The Morgan fingerprint density at radius 3 is 2.38 bits per heavy atom. The largest absolute Gasteiger partial charge is 0.465 e. The quantitative estimate of drug-likeness (QED) is 0.241. The molecule has 1 aliphatic rings. The lowest BCUT2D eigenvalue weighted by molar-refractivity contribution is -0.146. The fourth-order valence-electron chi connectivity index (χ4n) is 5.15. The van der Waals surface area contributed by atoms with E-state index >= 15 is 0 Å². The first kappa shape index (κ1) is 25.0. The molecule has 1 N–H and O–H groups in total. The Balaban J connectivity index is 1.33. The monoisotopic (exact) mass is 495 g/mol. The van der Waals surface area contributed by atoms with Crippen molar-refractivity contribution in [3.8, 4) is 22.5 Å². The van der Waals surface area contributed by atoms with Crippen LogP contribution in [0.1, 0.15) is 61.1 Å². The van der Waals surface area contributed by atoms with E-state index in [1.807, 2.05) is 56.3 Å². The highest BCUT2D eigenvalue weighted by atomic mass is 16.5. The van der Waals surface area contributed by atoms with Crippen molar-refractivity contribution < 1.29 is 19.2 Å². The fraction of sp³-hybridized carbons (Fsp3) is 0.312. The lowest BCUT2D eigenvalue weighted by Crippen LogP contribution is -2.23. The molecule has 0 spiro atoms. The van der Waals surface area contributed by atoms with Crippen LogP contribution in [0, 0.1) is 6.92 Å². The van der Waals surface area contributed by atoms with E-state index in [-0.39, 0.29) is 5.97 Å². The third-order valence-electron chi connectivity index (χ3n) is 7.39. The minimum atomic E-state index is -0.523. The molecule has 4 aromatic rings. The van der Waals surface area contributed by atoms with Crippen LogP contribution in [0.3, 0.4) is 0 Å². The molecule has 5 nitrogen and oxygen atoms in total. The molecule has 0 aliphatic heterocycles. The molecule has 1 fully saturated rings.